The standard InChI is InChI=1S/C15H7F3N2/c1-19-13-9-11(10-6-4-3-5-7-10)8-12(14(13)20-2)15(16,17)18/h3-9H. The molecule has 0 N–H and O–H groups in total. The lowest BCUT2D eigenvalue weighted by molar-refractivity contribution is -0.136. The van der Waals surface area contributed by atoms with Crippen molar-refractivity contribution in [3.05, 3.63) is 70.9 Å². The van der Waals surface area contributed by atoms with Crippen molar-refractivity contribution in [1.29, 1.82) is 0 Å². The van der Waals surface area contributed by atoms with Crippen molar-refractivity contribution in [2.45, 2.75) is 6.18 Å². The molecular weight excluding hydrogens is 265 g/mol. The van der Waals surface area contributed by atoms with E-state index in [0.717, 1.165) is 6.07 Å². The minimum atomic E-state index is -4.66. The largest absolute Gasteiger partial charge is 0.406 e. The van der Waals surface area contributed by atoms with Crippen molar-refractivity contribution in [3.63, 3.8) is 0 Å². The molecule has 0 radical (unpaired) electrons. The van der Waals surface area contributed by atoms with E-state index in [2.05, 4.69) is 9.69 Å². The van der Waals surface area contributed by atoms with Gasteiger partial charge in [0.15, 0.2) is 5.69 Å². The number of halogens is 3. The molecule has 2 aromatic carbocycles. The molecule has 0 aromatic heterocycles. The Morgan fingerprint density at radius 3 is 2.00 bits per heavy atom. The number of alkyl halides is 3. The van der Waals surface area contributed by atoms with Crippen LogP contribution in [0.1, 0.15) is 5.56 Å². The summed E-state index contributed by atoms with van der Waals surface area (Å²) in [6, 6.07) is 10.7. The summed E-state index contributed by atoms with van der Waals surface area (Å²) in [6.07, 6.45) is -4.66. The van der Waals surface area contributed by atoms with Crippen LogP contribution >= 0.6 is 0 Å². The van der Waals surface area contributed by atoms with Gasteiger partial charge in [0.1, 0.15) is 0 Å². The first-order valence-corrected chi connectivity index (χ1v) is 5.53. The highest BCUT2D eigenvalue weighted by Gasteiger charge is 2.35. The van der Waals surface area contributed by atoms with Crippen LogP contribution in [0.2, 0.25) is 0 Å². The normalized spacial score (nSPS) is 10.7. The van der Waals surface area contributed by atoms with Gasteiger partial charge >= 0.3 is 6.18 Å². The van der Waals surface area contributed by atoms with Gasteiger partial charge in [0.2, 0.25) is 5.69 Å². The van der Waals surface area contributed by atoms with Crippen LogP contribution in [-0.2, 0) is 6.18 Å². The quantitative estimate of drug-likeness (QED) is 0.608. The van der Waals surface area contributed by atoms with Gasteiger partial charge in [0.25, 0.3) is 0 Å². The Balaban J connectivity index is 2.76. The van der Waals surface area contributed by atoms with Crippen molar-refractivity contribution in [2.75, 3.05) is 0 Å². The number of rotatable bonds is 1. The predicted octanol–water partition coefficient (Wildman–Crippen LogP) is 5.47. The van der Waals surface area contributed by atoms with Gasteiger partial charge in [0, 0.05) is 0 Å². The molecule has 0 saturated heterocycles. The van der Waals surface area contributed by atoms with Gasteiger partial charge in [-0.25, -0.2) is 4.85 Å². The highest BCUT2D eigenvalue weighted by atomic mass is 19.4. The Hall–Kier alpha value is -2.79. The van der Waals surface area contributed by atoms with Gasteiger partial charge in [0.05, 0.1) is 18.7 Å². The molecule has 0 spiro atoms. The van der Waals surface area contributed by atoms with E-state index >= 15 is 0 Å². The second-order valence-electron chi connectivity index (χ2n) is 3.98. The van der Waals surface area contributed by atoms with E-state index in [1.807, 2.05) is 0 Å². The molecule has 2 nitrogen and oxygen atoms in total. The molecule has 2 rings (SSSR count). The molecule has 0 aliphatic rings. The van der Waals surface area contributed by atoms with Gasteiger partial charge in [-0.05, 0) is 11.1 Å². The molecule has 0 unspecified atom stereocenters. The molecule has 98 valence electrons. The van der Waals surface area contributed by atoms with E-state index in [1.54, 1.807) is 30.3 Å². The smallest absolute Gasteiger partial charge is 0.250 e. The summed E-state index contributed by atoms with van der Waals surface area (Å²) in [5, 5.41) is 0. The molecule has 0 saturated carbocycles. The molecule has 0 amide bonds. The van der Waals surface area contributed by atoms with Crippen LogP contribution in [-0.4, -0.2) is 0 Å². The molecule has 0 atom stereocenters. The fraction of sp³-hybridized carbons (Fsp3) is 0.0667. The number of hydrogen-bond donors (Lipinski definition) is 0. The third-order valence-corrected chi connectivity index (χ3v) is 2.73. The number of hydrogen-bond acceptors (Lipinski definition) is 0. The van der Waals surface area contributed by atoms with Gasteiger partial charge < -0.3 is 0 Å². The van der Waals surface area contributed by atoms with Crippen LogP contribution in [0.4, 0.5) is 24.5 Å². The van der Waals surface area contributed by atoms with Crippen LogP contribution in [0.15, 0.2) is 42.5 Å². The van der Waals surface area contributed by atoms with Gasteiger partial charge in [-0.2, -0.15) is 13.2 Å². The maximum atomic E-state index is 13.0. The molecule has 5 heteroatoms. The van der Waals surface area contributed by atoms with E-state index in [9.17, 15) is 13.2 Å². The maximum absolute atomic E-state index is 13.0. The summed E-state index contributed by atoms with van der Waals surface area (Å²) >= 11 is 0. The SMILES string of the molecule is [C-]#[N+]c1cc(-c2ccccc2)cc(C(F)(F)F)c1[N+]#[C-]. The Kier molecular flexibility index (Phi) is 3.45. The molecule has 0 bridgehead atoms. The second-order valence-corrected chi connectivity index (χ2v) is 3.98. The molecule has 0 fully saturated rings. The summed E-state index contributed by atoms with van der Waals surface area (Å²) in [6.45, 7) is 13.8. The second kappa shape index (κ2) is 5.07. The third kappa shape index (κ3) is 2.48. The molecule has 2 aromatic rings. The summed E-state index contributed by atoms with van der Waals surface area (Å²) < 4.78 is 39.0. The van der Waals surface area contributed by atoms with E-state index in [-0.39, 0.29) is 11.3 Å². The van der Waals surface area contributed by atoms with Crippen molar-refractivity contribution < 1.29 is 13.2 Å². The molecule has 20 heavy (non-hydrogen) atoms. The van der Waals surface area contributed by atoms with E-state index in [0.29, 0.717) is 5.56 Å². The van der Waals surface area contributed by atoms with E-state index in [4.69, 9.17) is 13.1 Å². The highest BCUT2D eigenvalue weighted by Crippen LogP contribution is 2.44. The number of nitrogens with zero attached hydrogens (tertiary/aromatic N) is 2. The lowest BCUT2D eigenvalue weighted by Crippen LogP contribution is -2.05. The first kappa shape index (κ1) is 13.6. The van der Waals surface area contributed by atoms with Crippen molar-refractivity contribution >= 4 is 11.4 Å². The first-order valence-electron chi connectivity index (χ1n) is 5.53. The molecule has 0 heterocycles. The van der Waals surface area contributed by atoms with E-state index in [1.165, 1.54) is 6.07 Å². The minimum Gasteiger partial charge on any atom is -0.250 e. The fourth-order valence-electron chi connectivity index (χ4n) is 1.84. The minimum absolute atomic E-state index is 0.274. The lowest BCUT2D eigenvalue weighted by atomic mass is 10.0. The summed E-state index contributed by atoms with van der Waals surface area (Å²) in [7, 11) is 0. The Labute approximate surface area is 113 Å². The van der Waals surface area contributed by atoms with Gasteiger partial charge in [-0.15, -0.1) is 0 Å². The Morgan fingerprint density at radius 1 is 0.850 bits per heavy atom. The summed E-state index contributed by atoms with van der Waals surface area (Å²) in [5.41, 5.74) is -1.16. The number of benzene rings is 2. The zero-order valence-corrected chi connectivity index (χ0v) is 10.1. The first-order chi connectivity index (χ1) is 9.47. The Bertz CT molecular complexity index is 720. The zero-order valence-electron chi connectivity index (χ0n) is 10.1. The summed E-state index contributed by atoms with van der Waals surface area (Å²) in [4.78, 5) is 5.90. The predicted molar refractivity (Wildman–Crippen MR) is 69.4 cm³/mol. The van der Waals surface area contributed by atoms with Gasteiger partial charge in [-0.3, -0.25) is 4.85 Å². The Morgan fingerprint density at radius 2 is 1.50 bits per heavy atom. The summed E-state index contributed by atoms with van der Waals surface area (Å²) in [5.74, 6) is 0. The van der Waals surface area contributed by atoms with Crippen LogP contribution < -0.4 is 0 Å². The molecule has 0 aliphatic heterocycles. The average Bonchev–Trinajstić information content (AvgIpc) is 2.45. The van der Waals surface area contributed by atoms with Crippen LogP contribution in [0.5, 0.6) is 0 Å². The van der Waals surface area contributed by atoms with Crippen molar-refractivity contribution in [3.8, 4) is 11.1 Å². The van der Waals surface area contributed by atoms with E-state index < -0.39 is 17.4 Å². The third-order valence-electron chi connectivity index (χ3n) is 2.73. The van der Waals surface area contributed by atoms with Crippen molar-refractivity contribution in [2.24, 2.45) is 0 Å². The van der Waals surface area contributed by atoms with Crippen molar-refractivity contribution in [1.82, 2.24) is 0 Å². The lowest BCUT2D eigenvalue weighted by Gasteiger charge is -2.13. The van der Waals surface area contributed by atoms with Crippen LogP contribution in [0.3, 0.4) is 0 Å². The monoisotopic (exact) mass is 272 g/mol. The molecule has 0 aliphatic carbocycles. The highest BCUT2D eigenvalue weighted by molar-refractivity contribution is 5.82. The average molecular weight is 272 g/mol. The fourth-order valence-corrected chi connectivity index (χ4v) is 1.84. The maximum Gasteiger partial charge on any atom is 0.406 e. The molecular formula is C15H7F3N2. The van der Waals surface area contributed by atoms with Crippen LogP contribution in [0, 0.1) is 13.1 Å². The zero-order chi connectivity index (χ0) is 14.8. The van der Waals surface area contributed by atoms with Crippen LogP contribution in [0.25, 0.3) is 20.8 Å². The topological polar surface area (TPSA) is 8.72 Å². The van der Waals surface area contributed by atoms with Gasteiger partial charge in [-0.1, -0.05) is 42.5 Å².